The Morgan fingerprint density at radius 1 is 1.07 bits per heavy atom. The molecule has 0 aromatic heterocycles. The molecule has 0 saturated carbocycles. The number of hydrogen-bond donors (Lipinski definition) is 4. The highest BCUT2D eigenvalue weighted by Crippen LogP contribution is 2.46. The number of hydrogen-bond acceptors (Lipinski definition) is 5. The number of nitrogens with zero attached hydrogens (tertiary/aromatic N) is 2. The Kier molecular flexibility index (Phi) is 9.99. The highest BCUT2D eigenvalue weighted by molar-refractivity contribution is 9.12. The quantitative estimate of drug-likeness (QED) is 0.358. The van der Waals surface area contributed by atoms with Crippen LogP contribution in [0.3, 0.4) is 0 Å². The Labute approximate surface area is 264 Å². The van der Waals surface area contributed by atoms with Gasteiger partial charge >= 0.3 is 6.03 Å². The number of allylic oxidation sites excluding steroid dienone is 2. The second-order valence-corrected chi connectivity index (χ2v) is 13.9. The Morgan fingerprint density at radius 3 is 2.43 bits per heavy atom. The fraction of sp³-hybridized carbons (Fsp3) is 0.581. The number of likely N-dealkylation sites (tertiary alicyclic amines) is 2. The molecule has 9 nitrogen and oxygen atoms in total. The summed E-state index contributed by atoms with van der Waals surface area (Å²) in [6.07, 6.45) is 10.3. The van der Waals surface area contributed by atoms with Gasteiger partial charge in [-0.3, -0.25) is 9.59 Å². The maximum absolute atomic E-state index is 13.3. The summed E-state index contributed by atoms with van der Waals surface area (Å²) in [4.78, 5) is 40.8. The van der Waals surface area contributed by atoms with E-state index in [1.54, 1.807) is 4.90 Å². The van der Waals surface area contributed by atoms with Gasteiger partial charge in [0.15, 0.2) is 0 Å². The third-order valence-electron chi connectivity index (χ3n) is 9.45. The van der Waals surface area contributed by atoms with Gasteiger partial charge in [-0.1, -0.05) is 22.0 Å². The molecule has 0 bridgehead atoms. The zero-order valence-electron chi connectivity index (χ0n) is 24.1. The number of amides is 4. The number of benzene rings is 1. The molecule has 0 radical (unpaired) electrons. The number of aliphatic hydroxyl groups excluding tert-OH is 1. The Hall–Kier alpha value is -2.37. The number of nitrogens with two attached hydrogens (primary N) is 1. The molecule has 4 aliphatic rings. The lowest BCUT2D eigenvalue weighted by Crippen LogP contribution is -2.53. The number of rotatable bonds is 6. The minimum Gasteiger partial charge on any atom is -0.394 e. The molecule has 2 fully saturated rings. The molecule has 5 rings (SSSR count). The van der Waals surface area contributed by atoms with E-state index in [0.717, 1.165) is 56.1 Å². The largest absolute Gasteiger partial charge is 0.394 e. The van der Waals surface area contributed by atoms with Crippen LogP contribution in [0.5, 0.6) is 0 Å². The van der Waals surface area contributed by atoms with Crippen molar-refractivity contribution < 1.29 is 19.5 Å². The molecule has 1 aromatic rings. The molecule has 1 aliphatic carbocycles. The maximum Gasteiger partial charge on any atom is 0.318 e. The first-order valence-electron chi connectivity index (χ1n) is 15.0. The monoisotopic (exact) mass is 705 g/mol. The SMILES string of the molecule is Cc1cc(Br)c2c(c1)CCC1=CC(Br)=CNC1C2C1CCN(C(=O)CC2CCN(C(=O)N[C@@H](CO)C(N)=O)CC2)CC1. The summed E-state index contributed by atoms with van der Waals surface area (Å²) in [6.45, 7) is 4.17. The molecular weight excluding hydrogens is 666 g/mol. The fourth-order valence-electron chi connectivity index (χ4n) is 7.18. The van der Waals surface area contributed by atoms with Crippen LogP contribution in [0.25, 0.3) is 0 Å². The molecule has 228 valence electrons. The van der Waals surface area contributed by atoms with E-state index < -0.39 is 24.6 Å². The van der Waals surface area contributed by atoms with E-state index >= 15 is 0 Å². The smallest absolute Gasteiger partial charge is 0.318 e. The minimum absolute atomic E-state index is 0.201. The highest BCUT2D eigenvalue weighted by atomic mass is 79.9. The van der Waals surface area contributed by atoms with E-state index in [9.17, 15) is 19.5 Å². The second-order valence-electron chi connectivity index (χ2n) is 12.2. The summed E-state index contributed by atoms with van der Waals surface area (Å²) in [5, 5.41) is 15.4. The average Bonchev–Trinajstić information content (AvgIpc) is 3.12. The third kappa shape index (κ3) is 6.89. The number of carbonyl (C=O) groups is 3. The lowest BCUT2D eigenvalue weighted by molar-refractivity contribution is -0.134. The van der Waals surface area contributed by atoms with Crippen LogP contribution in [0.1, 0.15) is 61.1 Å². The van der Waals surface area contributed by atoms with Gasteiger partial charge in [-0.2, -0.15) is 0 Å². The van der Waals surface area contributed by atoms with Crippen LogP contribution in [0.4, 0.5) is 4.79 Å². The van der Waals surface area contributed by atoms with Crippen molar-refractivity contribution in [3.05, 3.63) is 55.6 Å². The van der Waals surface area contributed by atoms with Crippen LogP contribution >= 0.6 is 31.9 Å². The molecule has 3 atom stereocenters. The Morgan fingerprint density at radius 2 is 1.76 bits per heavy atom. The number of urea groups is 1. The lowest BCUT2D eigenvalue weighted by Gasteiger charge is -2.41. The van der Waals surface area contributed by atoms with Gasteiger partial charge in [0.2, 0.25) is 11.8 Å². The second kappa shape index (κ2) is 13.5. The maximum atomic E-state index is 13.3. The zero-order chi connectivity index (χ0) is 30.0. The summed E-state index contributed by atoms with van der Waals surface area (Å²) in [5.41, 5.74) is 10.8. The molecule has 3 heterocycles. The van der Waals surface area contributed by atoms with Crippen LogP contribution < -0.4 is 16.4 Å². The first-order valence-corrected chi connectivity index (χ1v) is 16.6. The van der Waals surface area contributed by atoms with E-state index in [4.69, 9.17) is 5.73 Å². The van der Waals surface area contributed by atoms with Crippen molar-refractivity contribution in [1.29, 1.82) is 0 Å². The zero-order valence-corrected chi connectivity index (χ0v) is 27.3. The molecule has 4 amide bonds. The van der Waals surface area contributed by atoms with E-state index in [1.807, 2.05) is 4.90 Å². The van der Waals surface area contributed by atoms with Crippen molar-refractivity contribution in [3.8, 4) is 0 Å². The summed E-state index contributed by atoms with van der Waals surface area (Å²) < 4.78 is 2.28. The van der Waals surface area contributed by atoms with Gasteiger partial charge in [-0.15, -0.1) is 0 Å². The molecule has 11 heteroatoms. The lowest BCUT2D eigenvalue weighted by atomic mass is 9.73. The summed E-state index contributed by atoms with van der Waals surface area (Å²) in [5.74, 6) is 0.445. The molecule has 2 unspecified atom stereocenters. The van der Waals surface area contributed by atoms with Gasteiger partial charge in [0.25, 0.3) is 0 Å². The predicted octanol–water partition coefficient (Wildman–Crippen LogP) is 3.82. The van der Waals surface area contributed by atoms with Crippen LogP contribution in [0.2, 0.25) is 0 Å². The molecule has 42 heavy (non-hydrogen) atoms. The first kappa shape index (κ1) is 31.1. The van der Waals surface area contributed by atoms with Crippen molar-refractivity contribution in [3.63, 3.8) is 0 Å². The average molecular weight is 708 g/mol. The molecule has 0 spiro atoms. The Balaban J connectivity index is 1.18. The third-order valence-corrected chi connectivity index (χ3v) is 10.6. The van der Waals surface area contributed by atoms with Crippen LogP contribution in [0, 0.1) is 18.8 Å². The van der Waals surface area contributed by atoms with Crippen LogP contribution in [-0.2, 0) is 16.0 Å². The molecule has 2 saturated heterocycles. The van der Waals surface area contributed by atoms with Gasteiger partial charge in [0.05, 0.1) is 12.6 Å². The number of nitrogens with one attached hydrogen (secondary N) is 2. The van der Waals surface area contributed by atoms with E-state index in [1.165, 1.54) is 26.7 Å². The normalized spacial score (nSPS) is 23.9. The van der Waals surface area contributed by atoms with E-state index in [-0.39, 0.29) is 17.9 Å². The summed E-state index contributed by atoms with van der Waals surface area (Å²) in [7, 11) is 0. The number of carbonyl (C=O) groups excluding carboxylic acids is 3. The number of piperidine rings is 2. The van der Waals surface area contributed by atoms with E-state index in [2.05, 4.69) is 73.8 Å². The summed E-state index contributed by atoms with van der Waals surface area (Å²) in [6, 6.07) is 3.34. The fourth-order valence-corrected chi connectivity index (χ4v) is 8.48. The van der Waals surface area contributed by atoms with Gasteiger partial charge in [0.1, 0.15) is 6.04 Å². The number of halogens is 2. The topological polar surface area (TPSA) is 128 Å². The standard InChI is InChI=1S/C31H41Br2N5O4/c1-18-12-21-2-3-22-15-23(32)16-35-29(22)28(27(21)24(33)13-18)20-6-10-37(11-7-20)26(40)14-19-4-8-38(9-5-19)31(42)36-25(17-39)30(34)41/h12-13,15-16,19-20,25,28-29,35,39H,2-11,14,17H2,1H3,(H2,34,41)(H,36,42)/t25-,28?,29?/m0/s1. The first-order chi connectivity index (χ1) is 20.1. The van der Waals surface area contributed by atoms with Crippen molar-refractivity contribution in [2.75, 3.05) is 32.8 Å². The number of aliphatic hydroxyl groups is 1. The van der Waals surface area contributed by atoms with Crippen LogP contribution in [-0.4, -0.2) is 77.6 Å². The van der Waals surface area contributed by atoms with Crippen LogP contribution in [0.15, 0.2) is 38.9 Å². The molecule has 3 aliphatic heterocycles. The van der Waals surface area contributed by atoms with E-state index in [0.29, 0.717) is 31.3 Å². The summed E-state index contributed by atoms with van der Waals surface area (Å²) >= 11 is 7.60. The van der Waals surface area contributed by atoms with Gasteiger partial charge in [0, 0.05) is 53.7 Å². The number of aryl methyl sites for hydroxylation is 2. The van der Waals surface area contributed by atoms with Crippen molar-refractivity contribution in [1.82, 2.24) is 20.4 Å². The number of dihydropyridines is 1. The van der Waals surface area contributed by atoms with Crippen molar-refractivity contribution in [2.24, 2.45) is 17.6 Å². The molecule has 5 N–H and O–H groups in total. The Bertz CT molecular complexity index is 1270. The number of primary amides is 1. The number of fused-ring (bicyclic) bond motifs is 2. The molecular formula is C31H41Br2N5O4. The molecule has 1 aromatic carbocycles. The van der Waals surface area contributed by atoms with Gasteiger partial charge in [-0.25, -0.2) is 4.79 Å². The highest BCUT2D eigenvalue weighted by Gasteiger charge is 2.40. The van der Waals surface area contributed by atoms with Gasteiger partial charge < -0.3 is 31.3 Å². The van der Waals surface area contributed by atoms with Crippen molar-refractivity contribution >= 4 is 49.7 Å². The predicted molar refractivity (Wildman–Crippen MR) is 169 cm³/mol. The van der Waals surface area contributed by atoms with Gasteiger partial charge in [-0.05, 0) is 108 Å². The van der Waals surface area contributed by atoms with Crippen molar-refractivity contribution in [2.45, 2.75) is 69.9 Å². The minimum atomic E-state index is -1.09.